The number of nitrogens with two attached hydrogens (primary N) is 2. The summed E-state index contributed by atoms with van der Waals surface area (Å²) in [6.45, 7) is 1.93. The molecule has 0 aromatic carbocycles. The first kappa shape index (κ1) is 15.3. The Hall–Kier alpha value is -1.14. The van der Waals surface area contributed by atoms with E-state index in [0.717, 1.165) is 51.6 Å². The van der Waals surface area contributed by atoms with Crippen molar-refractivity contribution in [2.24, 2.45) is 11.5 Å². The Bertz CT molecular complexity index is 358. The maximum Gasteiger partial charge on any atom is 0.231 e. The van der Waals surface area contributed by atoms with E-state index in [1.165, 1.54) is 0 Å². The van der Waals surface area contributed by atoms with Gasteiger partial charge in [-0.25, -0.2) is 0 Å². The fourth-order valence-electron chi connectivity index (χ4n) is 3.31. The van der Waals surface area contributed by atoms with Gasteiger partial charge in [0.1, 0.15) is 0 Å². The molecule has 1 saturated heterocycles. The second-order valence-corrected chi connectivity index (χ2v) is 6.33. The van der Waals surface area contributed by atoms with E-state index < -0.39 is 0 Å². The number of hydrogen-bond donors (Lipinski definition) is 3. The highest BCUT2D eigenvalue weighted by atomic mass is 16.2. The number of carbonyl (C=O) groups is 2. The third kappa shape index (κ3) is 4.45. The van der Waals surface area contributed by atoms with E-state index in [9.17, 15) is 9.59 Å². The van der Waals surface area contributed by atoms with Crippen LogP contribution in [0, 0.1) is 0 Å². The third-order valence-corrected chi connectivity index (χ3v) is 4.44. The quantitative estimate of drug-likeness (QED) is 0.645. The zero-order valence-electron chi connectivity index (χ0n) is 12.1. The van der Waals surface area contributed by atoms with Gasteiger partial charge in [0.15, 0.2) is 0 Å². The van der Waals surface area contributed by atoms with Crippen molar-refractivity contribution in [2.75, 3.05) is 19.6 Å². The molecule has 1 aliphatic carbocycles. The van der Waals surface area contributed by atoms with Gasteiger partial charge in [0.05, 0.1) is 6.54 Å². The Balaban J connectivity index is 1.69. The summed E-state index contributed by atoms with van der Waals surface area (Å²) in [6.07, 6.45) is 6.36. The molecule has 5 N–H and O–H groups in total. The predicted octanol–water partition coefficient (Wildman–Crippen LogP) is -0.286. The van der Waals surface area contributed by atoms with Crippen LogP contribution in [-0.2, 0) is 9.59 Å². The summed E-state index contributed by atoms with van der Waals surface area (Å²) in [6, 6.07) is 0.205. The molecule has 0 radical (unpaired) electrons. The molecule has 1 heterocycles. The molecule has 2 rings (SSSR count). The van der Waals surface area contributed by atoms with Crippen molar-refractivity contribution in [1.82, 2.24) is 10.2 Å². The van der Waals surface area contributed by atoms with Crippen molar-refractivity contribution in [3.8, 4) is 0 Å². The van der Waals surface area contributed by atoms with Crippen molar-refractivity contribution >= 4 is 11.8 Å². The summed E-state index contributed by atoms with van der Waals surface area (Å²) in [5.41, 5.74) is 11.1. The molecule has 1 aliphatic heterocycles. The fraction of sp³-hybridized carbons (Fsp3) is 0.857. The molecule has 1 saturated carbocycles. The van der Waals surface area contributed by atoms with E-state index >= 15 is 0 Å². The summed E-state index contributed by atoms with van der Waals surface area (Å²) in [5.74, 6) is -0.221. The van der Waals surface area contributed by atoms with Crippen LogP contribution in [0.5, 0.6) is 0 Å². The highest BCUT2D eigenvalue weighted by Gasteiger charge is 2.32. The van der Waals surface area contributed by atoms with Crippen LogP contribution in [0.25, 0.3) is 0 Å². The van der Waals surface area contributed by atoms with Gasteiger partial charge in [-0.1, -0.05) is 12.8 Å². The molecule has 0 aromatic heterocycles. The molecule has 20 heavy (non-hydrogen) atoms. The molecule has 2 aliphatic rings. The Morgan fingerprint density at radius 2 is 1.80 bits per heavy atom. The normalized spacial score (nSPS) is 23.6. The van der Waals surface area contributed by atoms with Gasteiger partial charge < -0.3 is 16.8 Å². The molecule has 6 heteroatoms. The lowest BCUT2D eigenvalue weighted by Crippen LogP contribution is -2.49. The number of nitrogens with zero attached hydrogens (tertiary/aromatic N) is 1. The zero-order chi connectivity index (χ0) is 14.6. The minimum atomic E-state index is -0.293. The van der Waals surface area contributed by atoms with E-state index in [2.05, 4.69) is 5.32 Å². The zero-order valence-corrected chi connectivity index (χ0v) is 12.1. The lowest BCUT2D eigenvalue weighted by molar-refractivity contribution is -0.124. The van der Waals surface area contributed by atoms with Crippen LogP contribution in [0.3, 0.4) is 0 Å². The topological polar surface area (TPSA) is 101 Å². The Morgan fingerprint density at radius 1 is 1.20 bits per heavy atom. The first-order valence-electron chi connectivity index (χ1n) is 7.56. The Labute approximate surface area is 120 Å². The second-order valence-electron chi connectivity index (χ2n) is 6.33. The van der Waals surface area contributed by atoms with Crippen LogP contribution in [-0.4, -0.2) is 47.9 Å². The van der Waals surface area contributed by atoms with E-state index in [0.29, 0.717) is 13.0 Å². The fourth-order valence-corrected chi connectivity index (χ4v) is 3.31. The molecule has 0 bridgehead atoms. The lowest BCUT2D eigenvalue weighted by atomic mass is 9.94. The predicted molar refractivity (Wildman–Crippen MR) is 76.8 cm³/mol. The Morgan fingerprint density at radius 3 is 2.35 bits per heavy atom. The molecule has 0 spiro atoms. The smallest absolute Gasteiger partial charge is 0.231 e. The summed E-state index contributed by atoms with van der Waals surface area (Å²) in [5, 5.41) is 3.08. The molecular formula is C14H26N4O2. The van der Waals surface area contributed by atoms with E-state index in [1.807, 2.05) is 4.90 Å². The van der Waals surface area contributed by atoms with Crippen LogP contribution in [0.4, 0.5) is 0 Å². The van der Waals surface area contributed by atoms with Gasteiger partial charge in [0.25, 0.3) is 0 Å². The van der Waals surface area contributed by atoms with Crippen LogP contribution >= 0.6 is 0 Å². The SMILES string of the molecule is NC(=O)CN1CCC(NC(=O)CC2(N)CCCC2)CC1. The Kier molecular flexibility index (Phi) is 4.99. The molecular weight excluding hydrogens is 256 g/mol. The van der Waals surface area contributed by atoms with Gasteiger partial charge in [-0.3, -0.25) is 14.5 Å². The standard InChI is InChI=1S/C14H26N4O2/c15-12(19)10-18-7-3-11(4-8-18)17-13(20)9-14(16)5-1-2-6-14/h11H,1-10,16H2,(H2,15,19)(H,17,20). The number of rotatable bonds is 5. The van der Waals surface area contributed by atoms with E-state index in [4.69, 9.17) is 11.5 Å². The lowest BCUT2D eigenvalue weighted by Gasteiger charge is -2.32. The molecule has 0 unspecified atom stereocenters. The molecule has 0 atom stereocenters. The first-order chi connectivity index (χ1) is 9.47. The molecule has 114 valence electrons. The third-order valence-electron chi connectivity index (χ3n) is 4.44. The highest BCUT2D eigenvalue weighted by molar-refractivity contribution is 5.77. The van der Waals surface area contributed by atoms with Gasteiger partial charge in [-0.15, -0.1) is 0 Å². The second kappa shape index (κ2) is 6.54. The van der Waals surface area contributed by atoms with Crippen molar-refractivity contribution in [3.63, 3.8) is 0 Å². The van der Waals surface area contributed by atoms with Crippen LogP contribution in [0.2, 0.25) is 0 Å². The van der Waals surface area contributed by atoms with Gasteiger partial charge in [-0.2, -0.15) is 0 Å². The number of primary amides is 1. The highest BCUT2D eigenvalue weighted by Crippen LogP contribution is 2.30. The summed E-state index contributed by atoms with van der Waals surface area (Å²) in [7, 11) is 0. The number of amides is 2. The average Bonchev–Trinajstić information content (AvgIpc) is 2.77. The van der Waals surface area contributed by atoms with Gasteiger partial charge >= 0.3 is 0 Å². The number of carbonyl (C=O) groups excluding carboxylic acids is 2. The van der Waals surface area contributed by atoms with E-state index in [-0.39, 0.29) is 23.4 Å². The van der Waals surface area contributed by atoms with E-state index in [1.54, 1.807) is 0 Å². The maximum atomic E-state index is 12.1. The molecule has 2 amide bonds. The van der Waals surface area contributed by atoms with Crippen LogP contribution < -0.4 is 16.8 Å². The molecule has 6 nitrogen and oxygen atoms in total. The van der Waals surface area contributed by atoms with Crippen LogP contribution in [0.15, 0.2) is 0 Å². The van der Waals surface area contributed by atoms with Gasteiger partial charge in [0, 0.05) is 31.1 Å². The van der Waals surface area contributed by atoms with Crippen molar-refractivity contribution in [1.29, 1.82) is 0 Å². The summed E-state index contributed by atoms with van der Waals surface area (Å²) < 4.78 is 0. The minimum Gasteiger partial charge on any atom is -0.369 e. The molecule has 2 fully saturated rings. The largest absolute Gasteiger partial charge is 0.369 e. The summed E-state index contributed by atoms with van der Waals surface area (Å²) >= 11 is 0. The van der Waals surface area contributed by atoms with Crippen molar-refractivity contribution in [3.05, 3.63) is 0 Å². The summed E-state index contributed by atoms with van der Waals surface area (Å²) in [4.78, 5) is 24.9. The molecule has 0 aromatic rings. The first-order valence-corrected chi connectivity index (χ1v) is 7.56. The van der Waals surface area contributed by atoms with Crippen molar-refractivity contribution < 1.29 is 9.59 Å². The number of nitrogens with one attached hydrogen (secondary N) is 1. The van der Waals surface area contributed by atoms with Gasteiger partial charge in [0.2, 0.25) is 11.8 Å². The van der Waals surface area contributed by atoms with Crippen LogP contribution in [0.1, 0.15) is 44.9 Å². The average molecular weight is 282 g/mol. The van der Waals surface area contributed by atoms with Gasteiger partial charge in [-0.05, 0) is 25.7 Å². The van der Waals surface area contributed by atoms with Crippen molar-refractivity contribution in [2.45, 2.75) is 56.5 Å². The minimum absolute atomic E-state index is 0.0720. The number of likely N-dealkylation sites (tertiary alicyclic amines) is 1. The number of piperidine rings is 1. The monoisotopic (exact) mass is 282 g/mol. The number of hydrogen-bond acceptors (Lipinski definition) is 4. The maximum absolute atomic E-state index is 12.1.